The summed E-state index contributed by atoms with van der Waals surface area (Å²) in [5, 5.41) is 0. The van der Waals surface area contributed by atoms with Crippen molar-refractivity contribution in [1.82, 2.24) is 9.80 Å². The number of nitrogens with zero attached hydrogens (tertiary/aromatic N) is 2. The summed E-state index contributed by atoms with van der Waals surface area (Å²) in [6.45, 7) is 2.42. The lowest BCUT2D eigenvalue weighted by atomic mass is 10.1. The van der Waals surface area contributed by atoms with Gasteiger partial charge in [0.05, 0.1) is 6.54 Å². The molecule has 1 aliphatic heterocycles. The van der Waals surface area contributed by atoms with Crippen LogP contribution < -0.4 is 5.73 Å². The highest BCUT2D eigenvalue weighted by atomic mass is 16.2. The Morgan fingerprint density at radius 2 is 2.16 bits per heavy atom. The molecule has 0 aromatic heterocycles. The average molecular weight is 259 g/mol. The maximum atomic E-state index is 12.0. The van der Waals surface area contributed by atoms with E-state index in [-0.39, 0.29) is 5.91 Å². The third-order valence-corrected chi connectivity index (χ3v) is 4.36. The van der Waals surface area contributed by atoms with Gasteiger partial charge in [-0.3, -0.25) is 9.69 Å². The Morgan fingerprint density at radius 1 is 1.32 bits per heavy atom. The Hall–Kier alpha value is -1.55. The molecule has 1 atom stereocenters. The van der Waals surface area contributed by atoms with Crippen molar-refractivity contribution in [2.24, 2.45) is 0 Å². The third-order valence-electron chi connectivity index (χ3n) is 4.36. The second-order valence-corrected chi connectivity index (χ2v) is 5.65. The molecule has 1 heterocycles. The van der Waals surface area contributed by atoms with E-state index in [9.17, 15) is 4.79 Å². The molecule has 1 aromatic carbocycles. The van der Waals surface area contributed by atoms with Crippen molar-refractivity contribution in [1.29, 1.82) is 0 Å². The number of likely N-dealkylation sites (N-methyl/N-ethyl adjacent to an activating group) is 1. The van der Waals surface area contributed by atoms with Gasteiger partial charge in [0, 0.05) is 31.9 Å². The number of benzene rings is 1. The van der Waals surface area contributed by atoms with E-state index in [1.165, 1.54) is 11.1 Å². The van der Waals surface area contributed by atoms with E-state index >= 15 is 0 Å². The van der Waals surface area contributed by atoms with E-state index in [0.29, 0.717) is 12.6 Å². The Bertz CT molecular complexity index is 500. The van der Waals surface area contributed by atoms with E-state index in [1.807, 2.05) is 18.0 Å². The first-order valence-corrected chi connectivity index (χ1v) is 7.01. The minimum atomic E-state index is 0.237. The first-order chi connectivity index (χ1) is 9.15. The van der Waals surface area contributed by atoms with Gasteiger partial charge in [-0.25, -0.2) is 0 Å². The van der Waals surface area contributed by atoms with Gasteiger partial charge in [-0.2, -0.15) is 0 Å². The predicted octanol–water partition coefficient (Wildman–Crippen LogP) is 1.42. The van der Waals surface area contributed by atoms with Crippen molar-refractivity contribution < 1.29 is 4.79 Å². The number of nitrogen functional groups attached to an aromatic ring is 1. The lowest BCUT2D eigenvalue weighted by Gasteiger charge is -2.27. The fourth-order valence-corrected chi connectivity index (χ4v) is 3.27. The molecule has 0 saturated carbocycles. The standard InChI is InChI=1S/C15H21N3O/c1-17-7-2-8-18(10-15(17)19)14-6-3-11-9-12(16)4-5-13(11)14/h4-5,9,14H,2-3,6-8,10,16H2,1H3. The van der Waals surface area contributed by atoms with Crippen LogP contribution in [0.2, 0.25) is 0 Å². The highest BCUT2D eigenvalue weighted by molar-refractivity contribution is 5.78. The summed E-state index contributed by atoms with van der Waals surface area (Å²) < 4.78 is 0. The zero-order valence-electron chi connectivity index (χ0n) is 11.4. The molecule has 4 heteroatoms. The van der Waals surface area contributed by atoms with Crippen molar-refractivity contribution in [3.8, 4) is 0 Å². The molecule has 1 amide bonds. The summed E-state index contributed by atoms with van der Waals surface area (Å²) in [6, 6.07) is 6.59. The molecule has 0 bridgehead atoms. The lowest BCUT2D eigenvalue weighted by molar-refractivity contribution is -0.130. The average Bonchev–Trinajstić information content (AvgIpc) is 2.72. The number of hydrogen-bond acceptors (Lipinski definition) is 3. The van der Waals surface area contributed by atoms with Gasteiger partial charge >= 0.3 is 0 Å². The largest absolute Gasteiger partial charge is 0.399 e. The number of rotatable bonds is 1. The molecule has 2 aliphatic rings. The highest BCUT2D eigenvalue weighted by Gasteiger charge is 2.30. The van der Waals surface area contributed by atoms with Crippen LogP contribution in [0.5, 0.6) is 0 Å². The molecule has 0 radical (unpaired) electrons. The highest BCUT2D eigenvalue weighted by Crippen LogP contribution is 2.37. The maximum absolute atomic E-state index is 12.0. The van der Waals surface area contributed by atoms with Crippen molar-refractivity contribution in [3.05, 3.63) is 29.3 Å². The number of hydrogen-bond donors (Lipinski definition) is 1. The van der Waals surface area contributed by atoms with Crippen molar-refractivity contribution in [2.45, 2.75) is 25.3 Å². The predicted molar refractivity (Wildman–Crippen MR) is 75.7 cm³/mol. The zero-order chi connectivity index (χ0) is 13.4. The number of aryl methyl sites for hydroxylation is 1. The normalized spacial score (nSPS) is 24.4. The van der Waals surface area contributed by atoms with Crippen LogP contribution in [0.25, 0.3) is 0 Å². The van der Waals surface area contributed by atoms with Crippen molar-refractivity contribution in [3.63, 3.8) is 0 Å². The Balaban J connectivity index is 1.83. The topological polar surface area (TPSA) is 49.6 Å². The summed E-state index contributed by atoms with van der Waals surface area (Å²) in [4.78, 5) is 16.2. The molecule has 19 heavy (non-hydrogen) atoms. The molecule has 3 rings (SSSR count). The quantitative estimate of drug-likeness (QED) is 0.776. The molecular weight excluding hydrogens is 238 g/mol. The fraction of sp³-hybridized carbons (Fsp3) is 0.533. The molecule has 1 aliphatic carbocycles. The van der Waals surface area contributed by atoms with E-state index < -0.39 is 0 Å². The van der Waals surface area contributed by atoms with Gasteiger partial charge in [0.2, 0.25) is 5.91 Å². The molecule has 102 valence electrons. The van der Waals surface area contributed by atoms with Crippen molar-refractivity contribution >= 4 is 11.6 Å². The first kappa shape index (κ1) is 12.5. The van der Waals surface area contributed by atoms with Crippen LogP contribution in [-0.4, -0.2) is 42.4 Å². The molecule has 2 N–H and O–H groups in total. The number of nitrogens with two attached hydrogens (primary N) is 1. The van der Waals surface area contributed by atoms with E-state index in [1.54, 1.807) is 0 Å². The van der Waals surface area contributed by atoms with Gasteiger partial charge in [-0.15, -0.1) is 0 Å². The second-order valence-electron chi connectivity index (χ2n) is 5.65. The zero-order valence-corrected chi connectivity index (χ0v) is 11.4. The summed E-state index contributed by atoms with van der Waals surface area (Å²) >= 11 is 0. The molecule has 1 fully saturated rings. The molecular formula is C15H21N3O. The van der Waals surface area contributed by atoms with E-state index in [4.69, 9.17) is 5.73 Å². The SMILES string of the molecule is CN1CCCN(C2CCc3cc(N)ccc32)CC1=O. The van der Waals surface area contributed by atoms with Crippen LogP contribution in [-0.2, 0) is 11.2 Å². The summed E-state index contributed by atoms with van der Waals surface area (Å²) in [6.07, 6.45) is 3.24. The fourth-order valence-electron chi connectivity index (χ4n) is 3.27. The van der Waals surface area contributed by atoms with Crippen LogP contribution >= 0.6 is 0 Å². The van der Waals surface area contributed by atoms with Gasteiger partial charge in [0.15, 0.2) is 0 Å². The minimum Gasteiger partial charge on any atom is -0.399 e. The number of carbonyl (C=O) groups is 1. The summed E-state index contributed by atoms with van der Waals surface area (Å²) in [5.74, 6) is 0.237. The van der Waals surface area contributed by atoms with Gasteiger partial charge < -0.3 is 10.6 Å². The Kier molecular flexibility index (Phi) is 3.19. The second kappa shape index (κ2) is 4.85. The number of anilines is 1. The van der Waals surface area contributed by atoms with E-state index in [2.05, 4.69) is 17.0 Å². The van der Waals surface area contributed by atoms with E-state index in [0.717, 1.165) is 38.0 Å². The van der Waals surface area contributed by atoms with Crippen LogP contribution in [0.3, 0.4) is 0 Å². The van der Waals surface area contributed by atoms with Gasteiger partial charge in [0.25, 0.3) is 0 Å². The molecule has 1 saturated heterocycles. The third kappa shape index (κ3) is 2.32. The maximum Gasteiger partial charge on any atom is 0.236 e. The van der Waals surface area contributed by atoms with Crippen LogP contribution in [0.1, 0.15) is 30.0 Å². The van der Waals surface area contributed by atoms with Gasteiger partial charge in [0.1, 0.15) is 0 Å². The molecule has 1 aromatic rings. The van der Waals surface area contributed by atoms with Crippen LogP contribution in [0.15, 0.2) is 18.2 Å². The van der Waals surface area contributed by atoms with Crippen LogP contribution in [0, 0.1) is 0 Å². The monoisotopic (exact) mass is 259 g/mol. The summed E-state index contributed by atoms with van der Waals surface area (Å²) in [5.41, 5.74) is 9.41. The molecule has 4 nitrogen and oxygen atoms in total. The number of amides is 1. The first-order valence-electron chi connectivity index (χ1n) is 7.01. The van der Waals surface area contributed by atoms with Crippen LogP contribution in [0.4, 0.5) is 5.69 Å². The Labute approximate surface area is 114 Å². The Morgan fingerprint density at radius 3 is 3.00 bits per heavy atom. The number of fused-ring (bicyclic) bond motifs is 1. The smallest absolute Gasteiger partial charge is 0.236 e. The minimum absolute atomic E-state index is 0.237. The lowest BCUT2D eigenvalue weighted by Crippen LogP contribution is -2.36. The number of carbonyl (C=O) groups excluding carboxylic acids is 1. The van der Waals surface area contributed by atoms with Crippen molar-refractivity contribution in [2.75, 3.05) is 32.4 Å². The van der Waals surface area contributed by atoms with Gasteiger partial charge in [-0.1, -0.05) is 6.07 Å². The molecule has 0 spiro atoms. The summed E-state index contributed by atoms with van der Waals surface area (Å²) in [7, 11) is 1.90. The molecule has 1 unspecified atom stereocenters. The van der Waals surface area contributed by atoms with Gasteiger partial charge in [-0.05, 0) is 42.5 Å².